The lowest BCUT2D eigenvalue weighted by Gasteiger charge is -1.86. The van der Waals surface area contributed by atoms with Gasteiger partial charge >= 0.3 is 0 Å². The van der Waals surface area contributed by atoms with Crippen LogP contribution in [0.5, 0.6) is 0 Å². The molecule has 0 heteroatoms. The second-order valence-corrected chi connectivity index (χ2v) is 3.62. The molecular weight excluding hydrogens is 180 g/mol. The first-order chi connectivity index (χ1) is 7.06. The highest BCUT2D eigenvalue weighted by Crippen LogP contribution is 1.95. The summed E-state index contributed by atoms with van der Waals surface area (Å²) in [6.07, 6.45) is 6.79. The van der Waals surface area contributed by atoms with E-state index in [2.05, 4.69) is 34.3 Å². The quantitative estimate of drug-likeness (QED) is 0.368. The van der Waals surface area contributed by atoms with Gasteiger partial charge < -0.3 is 0 Å². The van der Waals surface area contributed by atoms with Crippen molar-refractivity contribution < 1.29 is 0 Å². The second kappa shape index (κ2) is 37.2. The fourth-order valence-electron chi connectivity index (χ4n) is 0.500. The lowest BCUT2D eigenvalue weighted by atomic mass is 10.2. The normalized spacial score (nSPS) is 6.93. The van der Waals surface area contributed by atoms with Gasteiger partial charge in [0, 0.05) is 0 Å². The molecule has 0 heterocycles. The van der Waals surface area contributed by atoms with Crippen molar-refractivity contribution in [3.05, 3.63) is 12.2 Å². The average Bonchev–Trinajstić information content (AvgIpc) is 2.18. The summed E-state index contributed by atoms with van der Waals surface area (Å²) in [4.78, 5) is 0. The molecule has 0 aromatic rings. The van der Waals surface area contributed by atoms with E-state index >= 15 is 0 Å². The molecule has 0 bridgehead atoms. The largest absolute Gasteiger partial charge is 0.100 e. The van der Waals surface area contributed by atoms with Crippen molar-refractivity contribution in [2.24, 2.45) is 0 Å². The van der Waals surface area contributed by atoms with E-state index in [1.807, 2.05) is 27.7 Å². The fourth-order valence-corrected chi connectivity index (χ4v) is 0.500. The second-order valence-electron chi connectivity index (χ2n) is 3.62. The van der Waals surface area contributed by atoms with E-state index in [1.165, 1.54) is 37.7 Å². The Morgan fingerprint density at radius 3 is 1.00 bits per heavy atom. The van der Waals surface area contributed by atoms with Gasteiger partial charge in [-0.05, 0) is 13.8 Å². The summed E-state index contributed by atoms with van der Waals surface area (Å²) in [6.45, 7) is 20.2. The maximum absolute atomic E-state index is 3.56. The molecule has 0 aromatic heterocycles. The van der Waals surface area contributed by atoms with Crippen LogP contribution in [0.1, 0.15) is 87.5 Å². The van der Waals surface area contributed by atoms with Crippen LogP contribution in [0.25, 0.3) is 0 Å². The Hall–Kier alpha value is -0.260. The summed E-state index contributed by atoms with van der Waals surface area (Å²) in [6, 6.07) is 0. The van der Waals surface area contributed by atoms with Crippen molar-refractivity contribution in [1.82, 2.24) is 0 Å². The van der Waals surface area contributed by atoms with Crippen molar-refractivity contribution in [3.8, 4) is 0 Å². The molecule has 0 amide bonds. The van der Waals surface area contributed by atoms with Crippen LogP contribution in [0.3, 0.4) is 0 Å². The maximum atomic E-state index is 3.56. The van der Waals surface area contributed by atoms with Gasteiger partial charge in [0.25, 0.3) is 0 Å². The molecule has 0 aromatic carbocycles. The van der Waals surface area contributed by atoms with Crippen molar-refractivity contribution >= 4 is 0 Å². The van der Waals surface area contributed by atoms with E-state index in [0.717, 1.165) is 0 Å². The molecule has 0 aliphatic carbocycles. The molecule has 0 saturated carbocycles. The summed E-state index contributed by atoms with van der Waals surface area (Å²) >= 11 is 0. The summed E-state index contributed by atoms with van der Waals surface area (Å²) in [5, 5.41) is 0. The van der Waals surface area contributed by atoms with Gasteiger partial charge in [0.1, 0.15) is 0 Å². The van der Waals surface area contributed by atoms with E-state index in [1.54, 1.807) is 0 Å². The lowest BCUT2D eigenvalue weighted by molar-refractivity contribution is 0.702. The molecule has 0 rings (SSSR count). The first-order valence-corrected chi connectivity index (χ1v) is 6.68. The van der Waals surface area contributed by atoms with Gasteiger partial charge in [0.05, 0.1) is 0 Å². The monoisotopic (exact) mass is 216 g/mol. The highest BCUT2D eigenvalue weighted by molar-refractivity contribution is 4.78. The van der Waals surface area contributed by atoms with Crippen LogP contribution in [-0.2, 0) is 0 Å². The third kappa shape index (κ3) is 252. The van der Waals surface area contributed by atoms with Gasteiger partial charge in [-0.25, -0.2) is 0 Å². The molecule has 96 valence electrons. The van der Waals surface area contributed by atoms with Crippen LogP contribution in [0, 0.1) is 0 Å². The highest BCUT2D eigenvalue weighted by atomic mass is 13.8. The fraction of sp³-hybridized carbons (Fsp3) is 0.867. The minimum atomic E-state index is 1.17. The Bertz CT molecular complexity index is 64.1. The number of unbranched alkanes of at least 4 members (excludes halogenated alkanes) is 3. The third-order valence-electron chi connectivity index (χ3n) is 0.957. The SMILES string of the molecule is C=C(C)C.CC.CCC.CCCCCC. The van der Waals surface area contributed by atoms with Gasteiger partial charge in [-0.2, -0.15) is 0 Å². The zero-order valence-corrected chi connectivity index (χ0v) is 12.7. The number of allylic oxidation sites excluding steroid dienone is 1. The molecule has 0 radical (unpaired) electrons. The predicted molar refractivity (Wildman–Crippen MR) is 77.6 cm³/mol. The molecule has 0 N–H and O–H groups in total. The highest BCUT2D eigenvalue weighted by Gasteiger charge is 1.75. The number of hydrogen-bond acceptors (Lipinski definition) is 0. The summed E-state index contributed by atoms with van der Waals surface area (Å²) in [5.74, 6) is 0. The molecule has 15 heavy (non-hydrogen) atoms. The Labute approximate surface area is 100 Å². The van der Waals surface area contributed by atoms with E-state index in [-0.39, 0.29) is 0 Å². The Balaban J connectivity index is -0.0000000590. The number of hydrogen-bond donors (Lipinski definition) is 0. The van der Waals surface area contributed by atoms with Crippen molar-refractivity contribution in [2.75, 3.05) is 0 Å². The first kappa shape index (κ1) is 24.1. The van der Waals surface area contributed by atoms with Crippen LogP contribution >= 0.6 is 0 Å². The van der Waals surface area contributed by atoms with Gasteiger partial charge in [-0.3, -0.25) is 0 Å². The van der Waals surface area contributed by atoms with Crippen LogP contribution in [0.2, 0.25) is 0 Å². The van der Waals surface area contributed by atoms with E-state index in [4.69, 9.17) is 0 Å². The van der Waals surface area contributed by atoms with Crippen molar-refractivity contribution in [1.29, 1.82) is 0 Å². The van der Waals surface area contributed by atoms with Gasteiger partial charge in [0.15, 0.2) is 0 Å². The topological polar surface area (TPSA) is 0 Å². The molecule has 0 unspecified atom stereocenters. The summed E-state index contributed by atoms with van der Waals surface area (Å²) < 4.78 is 0. The Morgan fingerprint density at radius 2 is 0.933 bits per heavy atom. The zero-order valence-electron chi connectivity index (χ0n) is 12.7. The van der Waals surface area contributed by atoms with Crippen molar-refractivity contribution in [3.63, 3.8) is 0 Å². The molecule has 0 saturated heterocycles. The van der Waals surface area contributed by atoms with E-state index in [0.29, 0.717) is 0 Å². The lowest BCUT2D eigenvalue weighted by Crippen LogP contribution is -1.66. The molecule has 0 atom stereocenters. The van der Waals surface area contributed by atoms with E-state index in [9.17, 15) is 0 Å². The molecule has 0 aliphatic rings. The van der Waals surface area contributed by atoms with Gasteiger partial charge in [-0.1, -0.05) is 79.2 Å². The van der Waals surface area contributed by atoms with Gasteiger partial charge in [0.2, 0.25) is 0 Å². The maximum Gasteiger partial charge on any atom is -0.0445 e. The van der Waals surface area contributed by atoms with Crippen LogP contribution in [0.4, 0.5) is 0 Å². The molecule has 0 aliphatic heterocycles. The molecule has 0 fully saturated rings. The summed E-state index contributed by atoms with van der Waals surface area (Å²) in [7, 11) is 0. The minimum absolute atomic E-state index is 1.17. The average molecular weight is 216 g/mol. The Kier molecular flexibility index (Phi) is 59.9. The predicted octanol–water partition coefficient (Wildman–Crippen LogP) is 6.61. The third-order valence-corrected chi connectivity index (χ3v) is 0.957. The molecular formula is C15H36. The minimum Gasteiger partial charge on any atom is -0.100 e. The molecule has 0 nitrogen and oxygen atoms in total. The van der Waals surface area contributed by atoms with Crippen LogP contribution in [-0.4, -0.2) is 0 Å². The van der Waals surface area contributed by atoms with Gasteiger partial charge in [-0.15, -0.1) is 6.58 Å². The van der Waals surface area contributed by atoms with Crippen LogP contribution < -0.4 is 0 Å². The van der Waals surface area contributed by atoms with Crippen molar-refractivity contribution in [2.45, 2.75) is 87.5 Å². The smallest absolute Gasteiger partial charge is 0.0445 e. The standard InChI is InChI=1S/C6H14.C4H8.C3H8.C2H6/c1-3-5-6-4-2;1-4(2)3;1-3-2;1-2/h3-6H2,1-2H3;1H2,2-3H3;3H2,1-2H3;1-2H3. The molecule has 0 spiro atoms. The van der Waals surface area contributed by atoms with E-state index < -0.39 is 0 Å². The zero-order chi connectivity index (χ0) is 13.1. The first-order valence-electron chi connectivity index (χ1n) is 6.68. The summed E-state index contributed by atoms with van der Waals surface area (Å²) in [5.41, 5.74) is 1.17. The van der Waals surface area contributed by atoms with Crippen LogP contribution in [0.15, 0.2) is 12.2 Å². The Morgan fingerprint density at radius 1 is 0.800 bits per heavy atom. The number of rotatable bonds is 3.